The number of rotatable bonds is 7. The highest BCUT2D eigenvalue weighted by molar-refractivity contribution is 5.78. The Labute approximate surface area is 116 Å². The van der Waals surface area contributed by atoms with Crippen molar-refractivity contribution in [3.8, 4) is 0 Å². The van der Waals surface area contributed by atoms with Crippen LogP contribution >= 0.6 is 0 Å². The first-order valence-corrected chi connectivity index (χ1v) is 7.52. The lowest BCUT2D eigenvalue weighted by atomic mass is 9.82. The van der Waals surface area contributed by atoms with Gasteiger partial charge in [0.25, 0.3) is 0 Å². The molecule has 0 aliphatic heterocycles. The fourth-order valence-corrected chi connectivity index (χ4v) is 2.38. The number of ether oxygens (including phenoxy) is 1. The van der Waals surface area contributed by atoms with E-state index in [1.807, 2.05) is 0 Å². The molecule has 0 aromatic heterocycles. The van der Waals surface area contributed by atoms with Crippen molar-refractivity contribution in [3.05, 3.63) is 0 Å². The lowest BCUT2D eigenvalue weighted by Gasteiger charge is -2.25. The van der Waals surface area contributed by atoms with Crippen molar-refractivity contribution in [1.82, 2.24) is 5.32 Å². The summed E-state index contributed by atoms with van der Waals surface area (Å²) in [7, 11) is 0. The molecule has 19 heavy (non-hydrogen) atoms. The Morgan fingerprint density at radius 3 is 2.47 bits per heavy atom. The predicted octanol–water partition coefficient (Wildman–Crippen LogP) is 1.96. The summed E-state index contributed by atoms with van der Waals surface area (Å²) in [4.78, 5) is 11.9. The Hall–Kier alpha value is -0.610. The third-order valence-electron chi connectivity index (χ3n) is 3.66. The van der Waals surface area contributed by atoms with Crippen LogP contribution in [0.3, 0.4) is 0 Å². The van der Waals surface area contributed by atoms with Gasteiger partial charge in [-0.2, -0.15) is 0 Å². The van der Waals surface area contributed by atoms with Crippen LogP contribution in [0, 0.1) is 17.8 Å². The van der Waals surface area contributed by atoms with E-state index in [9.17, 15) is 9.90 Å². The molecular formula is C15H29NO3. The molecule has 1 rings (SSSR count). The number of carbonyl (C=O) groups is 1. The van der Waals surface area contributed by atoms with Gasteiger partial charge in [-0.1, -0.05) is 20.8 Å². The summed E-state index contributed by atoms with van der Waals surface area (Å²) >= 11 is 0. The van der Waals surface area contributed by atoms with Crippen molar-refractivity contribution in [2.75, 3.05) is 19.8 Å². The Kier molecular flexibility index (Phi) is 7.39. The van der Waals surface area contributed by atoms with Crippen molar-refractivity contribution in [3.63, 3.8) is 0 Å². The van der Waals surface area contributed by atoms with Gasteiger partial charge in [0.05, 0.1) is 12.7 Å². The Morgan fingerprint density at radius 2 is 1.89 bits per heavy atom. The van der Waals surface area contributed by atoms with Gasteiger partial charge in [-0.3, -0.25) is 4.79 Å². The molecule has 1 fully saturated rings. The number of aliphatic hydroxyl groups excluding tert-OH is 1. The number of nitrogens with one attached hydrogen (secondary N) is 1. The molecule has 4 nitrogen and oxygen atoms in total. The Balaban J connectivity index is 2.12. The Bertz CT molecular complexity index is 260. The molecule has 1 amide bonds. The molecule has 0 radical (unpaired) electrons. The van der Waals surface area contributed by atoms with Crippen molar-refractivity contribution in [2.24, 2.45) is 17.8 Å². The van der Waals surface area contributed by atoms with E-state index in [1.54, 1.807) is 0 Å². The van der Waals surface area contributed by atoms with Crippen molar-refractivity contribution >= 4 is 5.91 Å². The molecule has 0 saturated heterocycles. The molecule has 0 bridgehead atoms. The molecule has 4 heteroatoms. The van der Waals surface area contributed by atoms with Gasteiger partial charge in [0.1, 0.15) is 0 Å². The van der Waals surface area contributed by atoms with Crippen molar-refractivity contribution in [2.45, 2.75) is 52.6 Å². The van der Waals surface area contributed by atoms with E-state index in [-0.39, 0.29) is 11.8 Å². The third kappa shape index (κ3) is 6.92. The summed E-state index contributed by atoms with van der Waals surface area (Å²) in [5.41, 5.74) is 0. The number of hydrogen-bond donors (Lipinski definition) is 2. The Morgan fingerprint density at radius 1 is 1.26 bits per heavy atom. The van der Waals surface area contributed by atoms with Gasteiger partial charge in [0.15, 0.2) is 0 Å². The van der Waals surface area contributed by atoms with Gasteiger partial charge in [-0.15, -0.1) is 0 Å². The van der Waals surface area contributed by atoms with E-state index in [4.69, 9.17) is 4.74 Å². The van der Waals surface area contributed by atoms with Crippen LogP contribution < -0.4 is 5.32 Å². The zero-order valence-electron chi connectivity index (χ0n) is 12.5. The third-order valence-corrected chi connectivity index (χ3v) is 3.66. The molecule has 1 unspecified atom stereocenters. The zero-order valence-corrected chi connectivity index (χ0v) is 12.5. The van der Waals surface area contributed by atoms with Gasteiger partial charge in [-0.05, 0) is 37.5 Å². The first kappa shape index (κ1) is 16.4. The lowest BCUT2D eigenvalue weighted by Crippen LogP contribution is -2.39. The maximum atomic E-state index is 11.9. The maximum absolute atomic E-state index is 11.9. The average molecular weight is 271 g/mol. The van der Waals surface area contributed by atoms with Crippen LogP contribution in [0.15, 0.2) is 0 Å². The SMILES string of the molecule is CC(C)COCC(O)CNC(=O)C1CCC(C)CC1. The van der Waals surface area contributed by atoms with E-state index in [1.165, 1.54) is 0 Å². The summed E-state index contributed by atoms with van der Waals surface area (Å²) < 4.78 is 5.35. The average Bonchev–Trinajstić information content (AvgIpc) is 2.36. The standard InChI is InChI=1S/C15H29NO3/c1-11(2)9-19-10-14(17)8-16-15(18)13-6-4-12(3)5-7-13/h11-14,17H,4-10H2,1-3H3,(H,16,18). The van der Waals surface area contributed by atoms with E-state index in [0.29, 0.717) is 25.7 Å². The van der Waals surface area contributed by atoms with E-state index < -0.39 is 6.10 Å². The lowest BCUT2D eigenvalue weighted by molar-refractivity contribution is -0.126. The smallest absolute Gasteiger partial charge is 0.223 e. The van der Waals surface area contributed by atoms with Crippen LogP contribution in [-0.2, 0) is 9.53 Å². The van der Waals surface area contributed by atoms with Crippen LogP contribution in [0.1, 0.15) is 46.5 Å². The topological polar surface area (TPSA) is 58.6 Å². The molecule has 1 saturated carbocycles. The van der Waals surface area contributed by atoms with Gasteiger partial charge in [0.2, 0.25) is 5.91 Å². The summed E-state index contributed by atoms with van der Waals surface area (Å²) in [6, 6.07) is 0. The summed E-state index contributed by atoms with van der Waals surface area (Å²) in [5, 5.41) is 12.5. The van der Waals surface area contributed by atoms with Gasteiger partial charge in [0, 0.05) is 19.1 Å². The second-order valence-electron chi connectivity index (χ2n) is 6.29. The number of aliphatic hydroxyl groups is 1. The van der Waals surface area contributed by atoms with Crippen LogP contribution in [0.4, 0.5) is 0 Å². The summed E-state index contributed by atoms with van der Waals surface area (Å²) in [5.74, 6) is 1.44. The number of carbonyl (C=O) groups excluding carboxylic acids is 1. The minimum atomic E-state index is -0.606. The van der Waals surface area contributed by atoms with Crippen LogP contribution in [-0.4, -0.2) is 36.9 Å². The molecule has 1 atom stereocenters. The quantitative estimate of drug-likeness (QED) is 0.744. The molecule has 2 N–H and O–H groups in total. The van der Waals surface area contributed by atoms with E-state index >= 15 is 0 Å². The second-order valence-corrected chi connectivity index (χ2v) is 6.29. The minimum absolute atomic E-state index is 0.0924. The highest BCUT2D eigenvalue weighted by Gasteiger charge is 2.24. The zero-order chi connectivity index (χ0) is 14.3. The monoisotopic (exact) mass is 271 g/mol. The normalized spacial score (nSPS) is 25.3. The maximum Gasteiger partial charge on any atom is 0.223 e. The largest absolute Gasteiger partial charge is 0.389 e. The molecule has 0 aromatic rings. The van der Waals surface area contributed by atoms with Crippen LogP contribution in [0.5, 0.6) is 0 Å². The first-order valence-electron chi connectivity index (χ1n) is 7.52. The number of hydrogen-bond acceptors (Lipinski definition) is 3. The molecule has 1 aliphatic carbocycles. The van der Waals surface area contributed by atoms with E-state index in [0.717, 1.165) is 31.6 Å². The van der Waals surface area contributed by atoms with Crippen molar-refractivity contribution < 1.29 is 14.6 Å². The van der Waals surface area contributed by atoms with Gasteiger partial charge >= 0.3 is 0 Å². The highest BCUT2D eigenvalue weighted by atomic mass is 16.5. The number of amides is 1. The van der Waals surface area contributed by atoms with Gasteiger partial charge in [-0.25, -0.2) is 0 Å². The summed E-state index contributed by atoms with van der Waals surface area (Å²) in [6.07, 6.45) is 3.63. The fourth-order valence-electron chi connectivity index (χ4n) is 2.38. The van der Waals surface area contributed by atoms with Gasteiger partial charge < -0.3 is 15.2 Å². The van der Waals surface area contributed by atoms with Crippen molar-refractivity contribution in [1.29, 1.82) is 0 Å². The fraction of sp³-hybridized carbons (Fsp3) is 0.933. The molecule has 112 valence electrons. The molecule has 0 aromatic carbocycles. The predicted molar refractivity (Wildman–Crippen MR) is 75.8 cm³/mol. The highest BCUT2D eigenvalue weighted by Crippen LogP contribution is 2.28. The first-order chi connectivity index (χ1) is 8.99. The molecule has 1 aliphatic rings. The summed E-state index contributed by atoms with van der Waals surface area (Å²) in [6.45, 7) is 7.61. The van der Waals surface area contributed by atoms with E-state index in [2.05, 4.69) is 26.1 Å². The molecular weight excluding hydrogens is 242 g/mol. The minimum Gasteiger partial charge on any atom is -0.389 e. The van der Waals surface area contributed by atoms with Crippen LogP contribution in [0.2, 0.25) is 0 Å². The second kappa shape index (κ2) is 8.54. The molecule has 0 heterocycles. The van der Waals surface area contributed by atoms with Crippen LogP contribution in [0.25, 0.3) is 0 Å². The molecule has 0 spiro atoms.